The Kier molecular flexibility index (Phi) is 3.45. The minimum absolute atomic E-state index is 0.212. The number of carboxylic acid groups (broad SMARTS) is 1. The second kappa shape index (κ2) is 4.74. The molecular formula is C11H16N2O4S. The molecule has 2 N–H and O–H groups in total. The van der Waals surface area contributed by atoms with Crippen LogP contribution in [0.1, 0.15) is 19.3 Å². The Hall–Kier alpha value is -1.34. The zero-order chi connectivity index (χ0) is 13.3. The average molecular weight is 272 g/mol. The molecule has 1 heterocycles. The largest absolute Gasteiger partial charge is 0.481 e. The molecule has 0 radical (unpaired) electrons. The summed E-state index contributed by atoms with van der Waals surface area (Å²) >= 11 is 0. The van der Waals surface area contributed by atoms with Crippen LogP contribution < -0.4 is 4.72 Å². The lowest BCUT2D eigenvalue weighted by molar-refractivity contribution is -0.141. The van der Waals surface area contributed by atoms with Crippen LogP contribution in [0.25, 0.3) is 0 Å². The van der Waals surface area contributed by atoms with Crippen molar-refractivity contribution >= 4 is 16.0 Å². The summed E-state index contributed by atoms with van der Waals surface area (Å²) < 4.78 is 28.2. The van der Waals surface area contributed by atoms with Crippen molar-refractivity contribution in [3.8, 4) is 0 Å². The number of nitrogens with one attached hydrogen (secondary N) is 1. The van der Waals surface area contributed by atoms with E-state index in [1.165, 1.54) is 12.3 Å². The molecule has 1 aliphatic carbocycles. The van der Waals surface area contributed by atoms with E-state index < -0.39 is 21.9 Å². The second-order valence-corrected chi connectivity index (χ2v) is 6.39. The molecule has 1 aromatic heterocycles. The number of carboxylic acids is 1. The zero-order valence-electron chi connectivity index (χ0n) is 10.0. The average Bonchev–Trinajstić information content (AvgIpc) is 2.86. The summed E-state index contributed by atoms with van der Waals surface area (Å²) in [6, 6.07) is 1.24. The highest BCUT2D eigenvalue weighted by molar-refractivity contribution is 7.89. The van der Waals surface area contributed by atoms with Crippen molar-refractivity contribution in [3.63, 3.8) is 0 Å². The van der Waals surface area contributed by atoms with Gasteiger partial charge in [-0.3, -0.25) is 4.79 Å². The Morgan fingerprint density at radius 2 is 2.22 bits per heavy atom. The number of aliphatic carboxylic acids is 1. The predicted octanol–water partition coefficient (Wildman–Crippen LogP) is 0.557. The van der Waals surface area contributed by atoms with Gasteiger partial charge in [-0.25, -0.2) is 13.1 Å². The Labute approximate surface area is 106 Å². The molecule has 0 bridgehead atoms. The number of rotatable bonds is 4. The molecule has 0 aliphatic heterocycles. The van der Waals surface area contributed by atoms with Crippen molar-refractivity contribution in [2.24, 2.45) is 13.0 Å². The van der Waals surface area contributed by atoms with Gasteiger partial charge in [0.05, 0.1) is 10.8 Å². The lowest BCUT2D eigenvalue weighted by atomic mass is 10.1. The van der Waals surface area contributed by atoms with E-state index in [9.17, 15) is 13.2 Å². The zero-order valence-corrected chi connectivity index (χ0v) is 10.9. The summed E-state index contributed by atoms with van der Waals surface area (Å²) in [6.07, 6.45) is 4.64. The van der Waals surface area contributed by atoms with Gasteiger partial charge in [-0.05, 0) is 25.3 Å². The molecule has 0 saturated heterocycles. The topological polar surface area (TPSA) is 88.4 Å². The van der Waals surface area contributed by atoms with Gasteiger partial charge >= 0.3 is 5.97 Å². The van der Waals surface area contributed by atoms with Crippen LogP contribution in [0.15, 0.2) is 23.4 Å². The lowest BCUT2D eigenvalue weighted by Crippen LogP contribution is -2.33. The Morgan fingerprint density at radius 1 is 1.50 bits per heavy atom. The van der Waals surface area contributed by atoms with E-state index in [0.717, 1.165) is 0 Å². The third-order valence-corrected chi connectivity index (χ3v) is 4.72. The molecule has 18 heavy (non-hydrogen) atoms. The molecule has 2 atom stereocenters. The quantitative estimate of drug-likeness (QED) is 0.838. The summed E-state index contributed by atoms with van der Waals surface area (Å²) in [7, 11) is -1.79. The SMILES string of the molecule is Cn1ccc(S(=O)(=O)NC2CCC(C(=O)O)C2)c1. The van der Waals surface area contributed by atoms with E-state index in [2.05, 4.69) is 4.72 Å². The van der Waals surface area contributed by atoms with Crippen molar-refractivity contribution in [1.29, 1.82) is 0 Å². The minimum Gasteiger partial charge on any atom is -0.481 e. The molecule has 6 nitrogen and oxygen atoms in total. The summed E-state index contributed by atoms with van der Waals surface area (Å²) in [5.41, 5.74) is 0. The van der Waals surface area contributed by atoms with E-state index in [1.54, 1.807) is 17.8 Å². The van der Waals surface area contributed by atoms with E-state index in [1.807, 2.05) is 0 Å². The van der Waals surface area contributed by atoms with E-state index in [4.69, 9.17) is 5.11 Å². The van der Waals surface area contributed by atoms with Crippen molar-refractivity contribution in [2.45, 2.75) is 30.2 Å². The molecule has 0 amide bonds. The maximum Gasteiger partial charge on any atom is 0.306 e. The number of aryl methyl sites for hydroxylation is 1. The number of sulfonamides is 1. The van der Waals surface area contributed by atoms with Crippen LogP contribution in [-0.2, 0) is 21.9 Å². The summed E-state index contributed by atoms with van der Waals surface area (Å²) in [5.74, 6) is -1.29. The highest BCUT2D eigenvalue weighted by Crippen LogP contribution is 2.26. The first kappa shape index (κ1) is 13.1. The fourth-order valence-electron chi connectivity index (χ4n) is 2.24. The number of aromatic nitrogens is 1. The number of hydrogen-bond donors (Lipinski definition) is 2. The van der Waals surface area contributed by atoms with Crippen molar-refractivity contribution in [1.82, 2.24) is 9.29 Å². The first-order valence-corrected chi connectivity index (χ1v) is 7.24. The van der Waals surface area contributed by atoms with E-state index in [0.29, 0.717) is 19.3 Å². The van der Waals surface area contributed by atoms with Gasteiger partial charge in [-0.15, -0.1) is 0 Å². The summed E-state index contributed by atoms with van der Waals surface area (Å²) in [6.45, 7) is 0. The molecule has 2 unspecified atom stereocenters. The fraction of sp³-hybridized carbons (Fsp3) is 0.545. The maximum atomic E-state index is 12.0. The smallest absolute Gasteiger partial charge is 0.306 e. The van der Waals surface area contributed by atoms with Gasteiger partial charge in [0.1, 0.15) is 0 Å². The van der Waals surface area contributed by atoms with Gasteiger partial charge < -0.3 is 9.67 Å². The van der Waals surface area contributed by atoms with E-state index in [-0.39, 0.29) is 10.9 Å². The van der Waals surface area contributed by atoms with Gasteiger partial charge in [-0.2, -0.15) is 0 Å². The Balaban J connectivity index is 2.04. The molecular weight excluding hydrogens is 256 g/mol. The third-order valence-electron chi connectivity index (χ3n) is 3.22. The molecule has 2 rings (SSSR count). The van der Waals surface area contributed by atoms with Crippen LogP contribution in [-0.4, -0.2) is 30.1 Å². The van der Waals surface area contributed by atoms with Gasteiger partial charge in [0, 0.05) is 25.5 Å². The van der Waals surface area contributed by atoms with Crippen LogP contribution in [0, 0.1) is 5.92 Å². The Morgan fingerprint density at radius 3 is 2.72 bits per heavy atom. The molecule has 1 fully saturated rings. The standard InChI is InChI=1S/C11H16N2O4S/c1-13-5-4-10(7-13)18(16,17)12-9-3-2-8(6-9)11(14)15/h4-5,7-9,12H,2-3,6H2,1H3,(H,14,15). The molecule has 100 valence electrons. The predicted molar refractivity (Wildman–Crippen MR) is 64.5 cm³/mol. The molecule has 7 heteroatoms. The van der Waals surface area contributed by atoms with E-state index >= 15 is 0 Å². The van der Waals surface area contributed by atoms with Gasteiger partial charge in [0.25, 0.3) is 0 Å². The number of nitrogens with zero attached hydrogens (tertiary/aromatic N) is 1. The Bertz CT molecular complexity index is 549. The maximum absolute atomic E-state index is 12.0. The molecule has 0 aromatic carbocycles. The molecule has 1 aliphatic rings. The van der Waals surface area contributed by atoms with Crippen LogP contribution in [0.4, 0.5) is 0 Å². The van der Waals surface area contributed by atoms with Crippen LogP contribution in [0.2, 0.25) is 0 Å². The van der Waals surface area contributed by atoms with Gasteiger partial charge in [-0.1, -0.05) is 0 Å². The minimum atomic E-state index is -3.54. The summed E-state index contributed by atoms with van der Waals surface area (Å²) in [4.78, 5) is 11.0. The number of carbonyl (C=O) groups is 1. The van der Waals surface area contributed by atoms with Crippen LogP contribution in [0.5, 0.6) is 0 Å². The molecule has 1 aromatic rings. The first-order chi connectivity index (χ1) is 8.38. The van der Waals surface area contributed by atoms with Crippen molar-refractivity contribution < 1.29 is 18.3 Å². The lowest BCUT2D eigenvalue weighted by Gasteiger charge is -2.11. The number of hydrogen-bond acceptors (Lipinski definition) is 3. The highest BCUT2D eigenvalue weighted by Gasteiger charge is 2.32. The van der Waals surface area contributed by atoms with Crippen molar-refractivity contribution in [3.05, 3.63) is 18.5 Å². The van der Waals surface area contributed by atoms with Gasteiger partial charge in [0.2, 0.25) is 10.0 Å². The highest BCUT2D eigenvalue weighted by atomic mass is 32.2. The second-order valence-electron chi connectivity index (χ2n) is 4.68. The van der Waals surface area contributed by atoms with Crippen molar-refractivity contribution in [2.75, 3.05) is 0 Å². The first-order valence-electron chi connectivity index (χ1n) is 5.75. The van der Waals surface area contributed by atoms with Crippen LogP contribution >= 0.6 is 0 Å². The van der Waals surface area contributed by atoms with Crippen LogP contribution in [0.3, 0.4) is 0 Å². The normalized spacial score (nSPS) is 24.3. The third kappa shape index (κ3) is 2.73. The summed E-state index contributed by atoms with van der Waals surface area (Å²) in [5, 5.41) is 8.87. The monoisotopic (exact) mass is 272 g/mol. The molecule has 1 saturated carbocycles. The molecule has 0 spiro atoms. The van der Waals surface area contributed by atoms with Gasteiger partial charge in [0.15, 0.2) is 0 Å². The fourth-order valence-corrected chi connectivity index (χ4v) is 3.57.